The summed E-state index contributed by atoms with van der Waals surface area (Å²) in [5, 5.41) is 0. The van der Waals surface area contributed by atoms with Crippen molar-refractivity contribution in [3.8, 4) is 0 Å². The monoisotopic (exact) mass is 186 g/mol. The lowest BCUT2D eigenvalue weighted by Crippen LogP contribution is -1.82. The van der Waals surface area contributed by atoms with E-state index in [2.05, 4.69) is 56.4 Å². The molecule has 0 N–H and O–H groups in total. The lowest BCUT2D eigenvalue weighted by molar-refractivity contribution is 1.23. The molecule has 0 bridgehead atoms. The maximum Gasteiger partial charge on any atom is -0.0185 e. The van der Waals surface area contributed by atoms with Gasteiger partial charge in [-0.1, -0.05) is 55.0 Å². The molecular formula is C14H18. The number of hydrogen-bond acceptors (Lipinski definition) is 0. The van der Waals surface area contributed by atoms with Crippen molar-refractivity contribution in [2.45, 2.75) is 27.2 Å². The van der Waals surface area contributed by atoms with Crippen LogP contribution < -0.4 is 0 Å². The van der Waals surface area contributed by atoms with Gasteiger partial charge in [0.05, 0.1) is 0 Å². The number of rotatable bonds is 3. The van der Waals surface area contributed by atoms with E-state index in [9.17, 15) is 0 Å². The van der Waals surface area contributed by atoms with Crippen molar-refractivity contribution in [3.63, 3.8) is 0 Å². The summed E-state index contributed by atoms with van der Waals surface area (Å²) in [5.41, 5.74) is 3.92. The van der Waals surface area contributed by atoms with Crippen LogP contribution in [0.3, 0.4) is 0 Å². The van der Waals surface area contributed by atoms with Gasteiger partial charge in [-0.25, -0.2) is 0 Å². The van der Waals surface area contributed by atoms with E-state index >= 15 is 0 Å². The highest BCUT2D eigenvalue weighted by Crippen LogP contribution is 2.15. The molecular weight excluding hydrogens is 168 g/mol. The Kier molecular flexibility index (Phi) is 4.18. The van der Waals surface area contributed by atoms with Gasteiger partial charge >= 0.3 is 0 Å². The van der Waals surface area contributed by atoms with Crippen molar-refractivity contribution in [2.75, 3.05) is 0 Å². The maximum absolute atomic E-state index is 2.22. The van der Waals surface area contributed by atoms with Crippen LogP contribution in [0.5, 0.6) is 0 Å². The molecule has 0 fully saturated rings. The first-order chi connectivity index (χ1) is 6.77. The molecule has 0 spiro atoms. The third-order valence-electron chi connectivity index (χ3n) is 2.12. The summed E-state index contributed by atoms with van der Waals surface area (Å²) in [6.07, 6.45) is 9.70. The lowest BCUT2D eigenvalue weighted by Gasteiger charge is -2.02. The van der Waals surface area contributed by atoms with E-state index in [0.29, 0.717) is 0 Å². The minimum Gasteiger partial charge on any atom is -0.0870 e. The zero-order chi connectivity index (χ0) is 10.4. The zero-order valence-corrected chi connectivity index (χ0v) is 9.25. The second-order valence-corrected chi connectivity index (χ2v) is 3.44. The predicted molar refractivity (Wildman–Crippen MR) is 65.2 cm³/mol. The van der Waals surface area contributed by atoms with Gasteiger partial charge < -0.3 is 0 Å². The van der Waals surface area contributed by atoms with E-state index in [4.69, 9.17) is 0 Å². The minimum atomic E-state index is 1.09. The standard InChI is InChI=1S/C14H18/c1-4-6-8-14-11-12(3)9-10-13(14)7-5-2/h5-11H,4H2,1-3H3/b7-5-,8-6+. The van der Waals surface area contributed by atoms with Crippen molar-refractivity contribution in [1.82, 2.24) is 0 Å². The van der Waals surface area contributed by atoms with Crippen LogP contribution in [0.1, 0.15) is 37.0 Å². The van der Waals surface area contributed by atoms with E-state index in [1.165, 1.54) is 16.7 Å². The van der Waals surface area contributed by atoms with Gasteiger partial charge in [0.15, 0.2) is 0 Å². The van der Waals surface area contributed by atoms with E-state index < -0.39 is 0 Å². The van der Waals surface area contributed by atoms with Gasteiger partial charge in [0.25, 0.3) is 0 Å². The molecule has 0 aliphatic rings. The summed E-state index contributed by atoms with van der Waals surface area (Å²) in [5.74, 6) is 0. The van der Waals surface area contributed by atoms with Crippen molar-refractivity contribution >= 4 is 12.2 Å². The molecule has 0 unspecified atom stereocenters. The minimum absolute atomic E-state index is 1.09. The van der Waals surface area contributed by atoms with Crippen molar-refractivity contribution in [1.29, 1.82) is 0 Å². The summed E-state index contributed by atoms with van der Waals surface area (Å²) in [7, 11) is 0. The Bertz CT molecular complexity index is 343. The fourth-order valence-electron chi connectivity index (χ4n) is 1.41. The van der Waals surface area contributed by atoms with Crippen LogP contribution in [0.25, 0.3) is 12.2 Å². The van der Waals surface area contributed by atoms with E-state index in [0.717, 1.165) is 6.42 Å². The van der Waals surface area contributed by atoms with Crippen molar-refractivity contribution < 1.29 is 0 Å². The molecule has 0 atom stereocenters. The van der Waals surface area contributed by atoms with Crippen LogP contribution in [0.15, 0.2) is 30.4 Å². The predicted octanol–water partition coefficient (Wildman–Crippen LogP) is 4.45. The normalized spacial score (nSPS) is 11.6. The number of aryl methyl sites for hydroxylation is 1. The molecule has 14 heavy (non-hydrogen) atoms. The van der Waals surface area contributed by atoms with Crippen LogP contribution in [-0.4, -0.2) is 0 Å². The second kappa shape index (κ2) is 5.43. The SMILES string of the molecule is C/C=C\c1ccc(C)cc1/C=C/CC. The van der Waals surface area contributed by atoms with Crippen LogP contribution in [0.2, 0.25) is 0 Å². The molecule has 0 saturated carbocycles. The van der Waals surface area contributed by atoms with Crippen LogP contribution in [-0.2, 0) is 0 Å². The summed E-state index contributed by atoms with van der Waals surface area (Å²) < 4.78 is 0. The third-order valence-corrected chi connectivity index (χ3v) is 2.12. The summed E-state index contributed by atoms with van der Waals surface area (Å²) in [6.45, 7) is 6.33. The Hall–Kier alpha value is -1.30. The average molecular weight is 186 g/mol. The quantitative estimate of drug-likeness (QED) is 0.654. The van der Waals surface area contributed by atoms with Gasteiger partial charge in [-0.2, -0.15) is 0 Å². The van der Waals surface area contributed by atoms with Crippen molar-refractivity contribution in [2.24, 2.45) is 0 Å². The van der Waals surface area contributed by atoms with Crippen molar-refractivity contribution in [3.05, 3.63) is 47.0 Å². The van der Waals surface area contributed by atoms with E-state index in [1.807, 2.05) is 6.92 Å². The molecule has 0 amide bonds. The Labute approximate surface area is 87.0 Å². The number of hydrogen-bond donors (Lipinski definition) is 0. The molecule has 0 aliphatic carbocycles. The average Bonchev–Trinajstić information content (AvgIpc) is 2.18. The molecule has 0 nitrogen and oxygen atoms in total. The van der Waals surface area contributed by atoms with E-state index in [-0.39, 0.29) is 0 Å². The Balaban J connectivity index is 3.08. The highest BCUT2D eigenvalue weighted by molar-refractivity contribution is 5.65. The van der Waals surface area contributed by atoms with Crippen LogP contribution >= 0.6 is 0 Å². The fourth-order valence-corrected chi connectivity index (χ4v) is 1.41. The summed E-state index contributed by atoms with van der Waals surface area (Å²) >= 11 is 0. The fraction of sp³-hybridized carbons (Fsp3) is 0.286. The first-order valence-corrected chi connectivity index (χ1v) is 5.17. The van der Waals surface area contributed by atoms with Crippen LogP contribution in [0, 0.1) is 6.92 Å². The molecule has 74 valence electrons. The topological polar surface area (TPSA) is 0 Å². The van der Waals surface area contributed by atoms with Gasteiger partial charge in [0.1, 0.15) is 0 Å². The molecule has 0 aromatic heterocycles. The first kappa shape index (κ1) is 10.8. The molecule has 1 aromatic rings. The van der Waals surface area contributed by atoms with Gasteiger partial charge in [0.2, 0.25) is 0 Å². The van der Waals surface area contributed by atoms with Gasteiger partial charge in [-0.3, -0.25) is 0 Å². The highest BCUT2D eigenvalue weighted by Gasteiger charge is 1.95. The molecule has 1 aromatic carbocycles. The van der Waals surface area contributed by atoms with Gasteiger partial charge in [-0.05, 0) is 31.4 Å². The molecule has 0 aliphatic heterocycles. The molecule has 1 rings (SSSR count). The Morgan fingerprint density at radius 3 is 2.57 bits per heavy atom. The lowest BCUT2D eigenvalue weighted by atomic mass is 10.0. The Morgan fingerprint density at radius 2 is 1.93 bits per heavy atom. The van der Waals surface area contributed by atoms with Gasteiger partial charge in [0, 0.05) is 0 Å². The zero-order valence-electron chi connectivity index (χ0n) is 9.25. The van der Waals surface area contributed by atoms with Gasteiger partial charge in [-0.15, -0.1) is 0 Å². The first-order valence-electron chi connectivity index (χ1n) is 5.17. The summed E-state index contributed by atoms with van der Waals surface area (Å²) in [4.78, 5) is 0. The Morgan fingerprint density at radius 1 is 1.14 bits per heavy atom. The highest BCUT2D eigenvalue weighted by atomic mass is 14.0. The smallest absolute Gasteiger partial charge is 0.0185 e. The molecule has 0 heterocycles. The maximum atomic E-state index is 2.22. The van der Waals surface area contributed by atoms with Crippen LogP contribution in [0.4, 0.5) is 0 Å². The number of benzene rings is 1. The summed E-state index contributed by atoms with van der Waals surface area (Å²) in [6, 6.07) is 6.55. The third kappa shape index (κ3) is 2.88. The molecule has 0 radical (unpaired) electrons. The second-order valence-electron chi connectivity index (χ2n) is 3.44. The number of allylic oxidation sites excluding steroid dienone is 2. The molecule has 0 saturated heterocycles. The molecule has 0 heteroatoms. The largest absolute Gasteiger partial charge is 0.0870 e. The van der Waals surface area contributed by atoms with E-state index in [1.54, 1.807) is 0 Å².